The summed E-state index contributed by atoms with van der Waals surface area (Å²) in [7, 11) is 0. The van der Waals surface area contributed by atoms with Crippen molar-refractivity contribution in [1.82, 2.24) is 5.32 Å². The SMILES string of the molecule is O=C(Cc1ccccc1)NC(=S)Nc1cccc(OCCOc2ccccc2)c1. The summed E-state index contributed by atoms with van der Waals surface area (Å²) in [5, 5.41) is 5.94. The van der Waals surface area contributed by atoms with Gasteiger partial charge in [0, 0.05) is 11.8 Å². The van der Waals surface area contributed by atoms with E-state index in [4.69, 9.17) is 21.7 Å². The summed E-state index contributed by atoms with van der Waals surface area (Å²) in [6.07, 6.45) is 0.271. The van der Waals surface area contributed by atoms with E-state index in [1.807, 2.05) is 84.9 Å². The average molecular weight is 407 g/mol. The van der Waals surface area contributed by atoms with Gasteiger partial charge >= 0.3 is 0 Å². The number of hydrogen-bond donors (Lipinski definition) is 2. The van der Waals surface area contributed by atoms with Gasteiger partial charge in [-0.2, -0.15) is 0 Å². The summed E-state index contributed by atoms with van der Waals surface area (Å²) in [5.41, 5.74) is 1.66. The van der Waals surface area contributed by atoms with Gasteiger partial charge in [0.15, 0.2) is 5.11 Å². The zero-order chi connectivity index (χ0) is 20.3. The first-order valence-electron chi connectivity index (χ1n) is 9.24. The molecule has 0 unspecified atom stereocenters. The Labute approximate surface area is 175 Å². The summed E-state index contributed by atoms with van der Waals surface area (Å²) in [6.45, 7) is 0.853. The van der Waals surface area contributed by atoms with Crippen LogP contribution in [-0.4, -0.2) is 24.2 Å². The third kappa shape index (κ3) is 7.27. The first-order valence-corrected chi connectivity index (χ1v) is 9.65. The van der Waals surface area contributed by atoms with Gasteiger partial charge in [-0.15, -0.1) is 0 Å². The molecule has 0 spiro atoms. The molecule has 5 nitrogen and oxygen atoms in total. The molecule has 0 saturated carbocycles. The lowest BCUT2D eigenvalue weighted by molar-refractivity contribution is -0.119. The number of carbonyl (C=O) groups is 1. The number of benzene rings is 3. The van der Waals surface area contributed by atoms with Gasteiger partial charge in [-0.3, -0.25) is 4.79 Å². The van der Waals surface area contributed by atoms with Crippen molar-refractivity contribution >= 4 is 28.9 Å². The second-order valence-electron chi connectivity index (χ2n) is 6.20. The number of rotatable bonds is 8. The van der Waals surface area contributed by atoms with Crippen LogP contribution in [0.2, 0.25) is 0 Å². The standard InChI is InChI=1S/C23H22N2O3S/c26-22(16-18-8-3-1-4-9-18)25-23(29)24-19-10-7-13-21(17-19)28-15-14-27-20-11-5-2-6-12-20/h1-13,17H,14-16H2,(H2,24,25,26,29). The fraction of sp³-hybridized carbons (Fsp3) is 0.130. The van der Waals surface area contributed by atoms with Crippen LogP contribution in [0.4, 0.5) is 5.69 Å². The maximum absolute atomic E-state index is 12.1. The van der Waals surface area contributed by atoms with Gasteiger partial charge in [0.25, 0.3) is 0 Å². The van der Waals surface area contributed by atoms with Crippen molar-refractivity contribution in [2.24, 2.45) is 0 Å². The Kier molecular flexibility index (Phi) is 7.60. The van der Waals surface area contributed by atoms with E-state index in [9.17, 15) is 4.79 Å². The fourth-order valence-electron chi connectivity index (χ4n) is 2.61. The Bertz CT molecular complexity index is 933. The maximum atomic E-state index is 12.1. The quantitative estimate of drug-likeness (QED) is 0.434. The Hall–Kier alpha value is -3.38. The van der Waals surface area contributed by atoms with Crippen molar-refractivity contribution in [2.45, 2.75) is 6.42 Å². The molecule has 0 aliphatic heterocycles. The van der Waals surface area contributed by atoms with Gasteiger partial charge in [-0.05, 0) is 42.0 Å². The van der Waals surface area contributed by atoms with Crippen molar-refractivity contribution in [3.05, 3.63) is 90.5 Å². The highest BCUT2D eigenvalue weighted by Crippen LogP contribution is 2.17. The van der Waals surface area contributed by atoms with E-state index in [2.05, 4.69) is 10.6 Å². The molecule has 1 amide bonds. The molecule has 29 heavy (non-hydrogen) atoms. The molecule has 0 saturated heterocycles. The smallest absolute Gasteiger partial charge is 0.230 e. The van der Waals surface area contributed by atoms with Gasteiger partial charge in [0.1, 0.15) is 24.7 Å². The highest BCUT2D eigenvalue weighted by molar-refractivity contribution is 7.80. The van der Waals surface area contributed by atoms with E-state index in [1.54, 1.807) is 0 Å². The molecule has 0 heterocycles. The molecule has 0 aromatic heterocycles. The number of thiocarbonyl (C=S) groups is 1. The first kappa shape index (κ1) is 20.4. The Morgan fingerprint density at radius 3 is 2.14 bits per heavy atom. The summed E-state index contributed by atoms with van der Waals surface area (Å²) < 4.78 is 11.3. The average Bonchev–Trinajstić information content (AvgIpc) is 2.73. The highest BCUT2D eigenvalue weighted by atomic mass is 32.1. The Morgan fingerprint density at radius 2 is 1.41 bits per heavy atom. The van der Waals surface area contributed by atoms with E-state index < -0.39 is 0 Å². The number of anilines is 1. The third-order valence-corrected chi connectivity index (χ3v) is 4.12. The Balaban J connectivity index is 1.42. The zero-order valence-corrected chi connectivity index (χ0v) is 16.7. The van der Waals surface area contributed by atoms with Crippen molar-refractivity contribution < 1.29 is 14.3 Å². The molecule has 0 fully saturated rings. The van der Waals surface area contributed by atoms with E-state index in [0.29, 0.717) is 19.0 Å². The molecule has 3 rings (SSSR count). The third-order valence-electron chi connectivity index (χ3n) is 3.92. The minimum atomic E-state index is -0.167. The van der Waals surface area contributed by atoms with Crippen molar-refractivity contribution in [1.29, 1.82) is 0 Å². The lowest BCUT2D eigenvalue weighted by Gasteiger charge is -2.12. The van der Waals surface area contributed by atoms with E-state index >= 15 is 0 Å². The molecule has 3 aromatic rings. The minimum Gasteiger partial charge on any atom is -0.490 e. The summed E-state index contributed by atoms with van der Waals surface area (Å²) >= 11 is 5.23. The number of nitrogens with one attached hydrogen (secondary N) is 2. The topological polar surface area (TPSA) is 59.6 Å². The Morgan fingerprint density at radius 1 is 0.793 bits per heavy atom. The number of amides is 1. The minimum absolute atomic E-state index is 0.167. The number of carbonyl (C=O) groups excluding carboxylic acids is 1. The van der Waals surface area contributed by atoms with Crippen LogP contribution in [0.3, 0.4) is 0 Å². The van der Waals surface area contributed by atoms with Crippen LogP contribution in [-0.2, 0) is 11.2 Å². The highest BCUT2D eigenvalue weighted by Gasteiger charge is 2.06. The lowest BCUT2D eigenvalue weighted by atomic mass is 10.1. The van der Waals surface area contributed by atoms with Crippen LogP contribution in [0.1, 0.15) is 5.56 Å². The number of ether oxygens (including phenoxy) is 2. The number of hydrogen-bond acceptors (Lipinski definition) is 4. The second kappa shape index (κ2) is 10.8. The molecule has 148 valence electrons. The van der Waals surface area contributed by atoms with Crippen molar-refractivity contribution in [2.75, 3.05) is 18.5 Å². The lowest BCUT2D eigenvalue weighted by Crippen LogP contribution is -2.35. The van der Waals surface area contributed by atoms with Crippen LogP contribution in [0, 0.1) is 0 Å². The van der Waals surface area contributed by atoms with Crippen LogP contribution in [0.15, 0.2) is 84.9 Å². The van der Waals surface area contributed by atoms with Gasteiger partial charge in [0.05, 0.1) is 6.42 Å². The second-order valence-corrected chi connectivity index (χ2v) is 6.61. The van der Waals surface area contributed by atoms with E-state index in [0.717, 1.165) is 17.0 Å². The summed E-state index contributed by atoms with van der Waals surface area (Å²) in [4.78, 5) is 12.1. The first-order chi connectivity index (χ1) is 14.2. The van der Waals surface area contributed by atoms with Crippen LogP contribution in [0.25, 0.3) is 0 Å². The molecule has 3 aromatic carbocycles. The van der Waals surface area contributed by atoms with E-state index in [-0.39, 0.29) is 17.4 Å². The zero-order valence-electron chi connectivity index (χ0n) is 15.8. The predicted octanol–water partition coefficient (Wildman–Crippen LogP) is 4.20. The normalized spacial score (nSPS) is 10.1. The van der Waals surface area contributed by atoms with Crippen LogP contribution < -0.4 is 20.1 Å². The molecule has 0 aliphatic carbocycles. The van der Waals surface area contributed by atoms with E-state index in [1.165, 1.54) is 0 Å². The van der Waals surface area contributed by atoms with Gasteiger partial charge in [0.2, 0.25) is 5.91 Å². The summed E-state index contributed by atoms with van der Waals surface area (Å²) in [5.74, 6) is 1.33. The number of para-hydroxylation sites is 1. The molecular weight excluding hydrogens is 384 g/mol. The molecule has 0 bridgehead atoms. The van der Waals surface area contributed by atoms with Gasteiger partial charge < -0.3 is 20.1 Å². The molecular formula is C23H22N2O3S. The van der Waals surface area contributed by atoms with Gasteiger partial charge in [-0.25, -0.2) is 0 Å². The van der Waals surface area contributed by atoms with Gasteiger partial charge in [-0.1, -0.05) is 54.6 Å². The van der Waals surface area contributed by atoms with Crippen molar-refractivity contribution in [3.63, 3.8) is 0 Å². The maximum Gasteiger partial charge on any atom is 0.230 e. The van der Waals surface area contributed by atoms with Crippen LogP contribution in [0.5, 0.6) is 11.5 Å². The van der Waals surface area contributed by atoms with Crippen LogP contribution >= 0.6 is 12.2 Å². The molecule has 0 aliphatic rings. The van der Waals surface area contributed by atoms with Crippen molar-refractivity contribution in [3.8, 4) is 11.5 Å². The summed E-state index contributed by atoms with van der Waals surface area (Å²) in [6, 6.07) is 26.5. The molecule has 2 N–H and O–H groups in total. The monoisotopic (exact) mass is 406 g/mol. The molecule has 0 radical (unpaired) electrons. The molecule has 6 heteroatoms. The largest absolute Gasteiger partial charge is 0.490 e. The molecule has 0 atom stereocenters. The predicted molar refractivity (Wildman–Crippen MR) is 118 cm³/mol. The fourth-order valence-corrected chi connectivity index (χ4v) is 2.85.